The molecule has 2 rings (SSSR count). The van der Waals surface area contributed by atoms with Gasteiger partial charge < -0.3 is 24.3 Å². The third-order valence-electron chi connectivity index (χ3n) is 3.41. The first-order chi connectivity index (χ1) is 11.6. The van der Waals surface area contributed by atoms with Crippen molar-refractivity contribution in [1.29, 1.82) is 0 Å². The zero-order valence-electron chi connectivity index (χ0n) is 14.2. The third kappa shape index (κ3) is 4.10. The molecule has 6 heteroatoms. The van der Waals surface area contributed by atoms with Crippen molar-refractivity contribution >= 4 is 11.6 Å². The van der Waals surface area contributed by atoms with Crippen LogP contribution in [0, 0.1) is 0 Å². The fourth-order valence-corrected chi connectivity index (χ4v) is 2.11. The normalized spacial score (nSPS) is 11.3. The lowest BCUT2D eigenvalue weighted by molar-refractivity contribution is -0.122. The van der Waals surface area contributed by atoms with E-state index in [1.54, 1.807) is 51.5 Å². The van der Waals surface area contributed by atoms with E-state index in [0.717, 1.165) is 0 Å². The predicted molar refractivity (Wildman–Crippen MR) is 91.3 cm³/mol. The maximum absolute atomic E-state index is 12.4. The minimum Gasteiger partial charge on any atom is -0.497 e. The van der Waals surface area contributed by atoms with Crippen LogP contribution in [0.15, 0.2) is 42.5 Å². The van der Waals surface area contributed by atoms with Gasteiger partial charge in [-0.25, -0.2) is 0 Å². The van der Waals surface area contributed by atoms with Gasteiger partial charge in [0.15, 0.2) is 17.6 Å². The summed E-state index contributed by atoms with van der Waals surface area (Å²) in [5.41, 5.74) is 0.511. The molecule has 0 aliphatic carbocycles. The molecule has 6 nitrogen and oxygen atoms in total. The lowest BCUT2D eigenvalue weighted by Crippen LogP contribution is -2.30. The van der Waals surface area contributed by atoms with Crippen LogP contribution in [-0.2, 0) is 4.79 Å². The molecule has 0 spiro atoms. The highest BCUT2D eigenvalue weighted by Gasteiger charge is 2.18. The van der Waals surface area contributed by atoms with Gasteiger partial charge in [-0.15, -0.1) is 0 Å². The van der Waals surface area contributed by atoms with E-state index in [1.807, 2.05) is 12.1 Å². The second-order valence-corrected chi connectivity index (χ2v) is 4.97. The lowest BCUT2D eigenvalue weighted by atomic mass is 10.2. The number of hydrogen-bond donors (Lipinski definition) is 1. The number of para-hydroxylation sites is 2. The van der Waals surface area contributed by atoms with Gasteiger partial charge in [-0.1, -0.05) is 12.1 Å². The minimum atomic E-state index is -0.725. The number of amides is 1. The standard InChI is InChI=1S/C18H21NO5/c1-12(24-17-8-6-5-7-16(17)23-4)18(20)19-14-11-13(21-2)9-10-15(14)22-3/h5-12H,1-4H3,(H,19,20). The van der Waals surface area contributed by atoms with Crippen molar-refractivity contribution in [3.63, 3.8) is 0 Å². The molecule has 1 atom stereocenters. The Morgan fingerprint density at radius 2 is 1.58 bits per heavy atom. The monoisotopic (exact) mass is 331 g/mol. The molecule has 2 aromatic rings. The van der Waals surface area contributed by atoms with Crippen molar-refractivity contribution in [1.82, 2.24) is 0 Å². The first-order valence-electron chi connectivity index (χ1n) is 7.41. The van der Waals surface area contributed by atoms with Crippen LogP contribution in [0.1, 0.15) is 6.92 Å². The molecule has 1 amide bonds. The van der Waals surface area contributed by atoms with Crippen LogP contribution >= 0.6 is 0 Å². The second-order valence-electron chi connectivity index (χ2n) is 4.97. The Balaban J connectivity index is 2.11. The average molecular weight is 331 g/mol. The van der Waals surface area contributed by atoms with Crippen molar-refractivity contribution in [3.05, 3.63) is 42.5 Å². The number of ether oxygens (including phenoxy) is 4. The van der Waals surface area contributed by atoms with E-state index < -0.39 is 6.10 Å². The largest absolute Gasteiger partial charge is 0.497 e. The summed E-state index contributed by atoms with van der Waals surface area (Å²) in [7, 11) is 4.64. The number of rotatable bonds is 7. The fraction of sp³-hybridized carbons (Fsp3) is 0.278. The Bertz CT molecular complexity index is 702. The molecule has 0 saturated heterocycles. The minimum absolute atomic E-state index is 0.313. The van der Waals surface area contributed by atoms with Crippen molar-refractivity contribution in [2.24, 2.45) is 0 Å². The molecule has 2 aromatic carbocycles. The Hall–Kier alpha value is -2.89. The SMILES string of the molecule is COc1ccc(OC)c(NC(=O)C(C)Oc2ccccc2OC)c1. The number of methoxy groups -OCH3 is 3. The van der Waals surface area contributed by atoms with Crippen LogP contribution in [0.25, 0.3) is 0 Å². The highest BCUT2D eigenvalue weighted by molar-refractivity contribution is 5.95. The number of benzene rings is 2. The van der Waals surface area contributed by atoms with Crippen molar-refractivity contribution in [2.75, 3.05) is 26.6 Å². The molecule has 128 valence electrons. The quantitative estimate of drug-likeness (QED) is 0.844. The molecular weight excluding hydrogens is 310 g/mol. The van der Waals surface area contributed by atoms with Gasteiger partial charge in [0.25, 0.3) is 5.91 Å². The Morgan fingerprint density at radius 1 is 0.917 bits per heavy atom. The van der Waals surface area contributed by atoms with Gasteiger partial charge in [-0.05, 0) is 31.2 Å². The van der Waals surface area contributed by atoms with Gasteiger partial charge in [-0.2, -0.15) is 0 Å². The summed E-state index contributed by atoms with van der Waals surface area (Å²) in [5, 5.41) is 2.78. The van der Waals surface area contributed by atoms with Gasteiger partial charge in [-0.3, -0.25) is 4.79 Å². The Morgan fingerprint density at radius 3 is 2.21 bits per heavy atom. The van der Waals surface area contributed by atoms with Gasteiger partial charge in [0.05, 0.1) is 27.0 Å². The van der Waals surface area contributed by atoms with E-state index in [0.29, 0.717) is 28.7 Å². The molecule has 0 saturated carbocycles. The van der Waals surface area contributed by atoms with Gasteiger partial charge >= 0.3 is 0 Å². The first-order valence-corrected chi connectivity index (χ1v) is 7.41. The third-order valence-corrected chi connectivity index (χ3v) is 3.41. The van der Waals surface area contributed by atoms with Gasteiger partial charge in [0, 0.05) is 6.07 Å². The molecule has 24 heavy (non-hydrogen) atoms. The second kappa shape index (κ2) is 8.10. The first kappa shape index (κ1) is 17.5. The summed E-state index contributed by atoms with van der Waals surface area (Å²) < 4.78 is 21.3. The van der Waals surface area contributed by atoms with E-state index in [2.05, 4.69) is 5.32 Å². The van der Waals surface area contributed by atoms with Crippen LogP contribution in [-0.4, -0.2) is 33.3 Å². The highest BCUT2D eigenvalue weighted by Crippen LogP contribution is 2.30. The van der Waals surface area contributed by atoms with Crippen molar-refractivity contribution in [3.8, 4) is 23.0 Å². The van der Waals surface area contributed by atoms with Crippen LogP contribution in [0.2, 0.25) is 0 Å². The maximum Gasteiger partial charge on any atom is 0.265 e. The number of anilines is 1. The molecule has 0 aliphatic rings. The fourth-order valence-electron chi connectivity index (χ4n) is 2.11. The van der Waals surface area contributed by atoms with E-state index in [9.17, 15) is 4.79 Å². The van der Waals surface area contributed by atoms with E-state index >= 15 is 0 Å². The molecule has 1 unspecified atom stereocenters. The highest BCUT2D eigenvalue weighted by atomic mass is 16.5. The van der Waals surface area contributed by atoms with E-state index in [-0.39, 0.29) is 5.91 Å². The Labute approximate surface area is 141 Å². The number of hydrogen-bond acceptors (Lipinski definition) is 5. The molecule has 0 bridgehead atoms. The molecule has 0 radical (unpaired) electrons. The average Bonchev–Trinajstić information content (AvgIpc) is 2.61. The molecule has 0 aromatic heterocycles. The smallest absolute Gasteiger partial charge is 0.265 e. The summed E-state index contributed by atoms with van der Waals surface area (Å²) >= 11 is 0. The van der Waals surface area contributed by atoms with E-state index in [4.69, 9.17) is 18.9 Å². The number of nitrogens with one attached hydrogen (secondary N) is 1. The number of carbonyl (C=O) groups is 1. The van der Waals surface area contributed by atoms with Crippen LogP contribution in [0.4, 0.5) is 5.69 Å². The van der Waals surface area contributed by atoms with Crippen molar-refractivity contribution in [2.45, 2.75) is 13.0 Å². The number of carbonyl (C=O) groups excluding carboxylic acids is 1. The summed E-state index contributed by atoms with van der Waals surface area (Å²) in [4.78, 5) is 12.4. The molecule has 0 fully saturated rings. The summed E-state index contributed by atoms with van der Waals surface area (Å²) in [5.74, 6) is 1.90. The summed E-state index contributed by atoms with van der Waals surface area (Å²) in [6, 6.07) is 12.3. The topological polar surface area (TPSA) is 66.0 Å². The summed E-state index contributed by atoms with van der Waals surface area (Å²) in [6.07, 6.45) is -0.725. The summed E-state index contributed by atoms with van der Waals surface area (Å²) in [6.45, 7) is 1.66. The predicted octanol–water partition coefficient (Wildman–Crippen LogP) is 3.12. The molecule has 0 aliphatic heterocycles. The molecular formula is C18H21NO5. The maximum atomic E-state index is 12.4. The zero-order chi connectivity index (χ0) is 17.5. The van der Waals surface area contributed by atoms with Crippen LogP contribution in [0.3, 0.4) is 0 Å². The van der Waals surface area contributed by atoms with Crippen LogP contribution in [0.5, 0.6) is 23.0 Å². The Kier molecular flexibility index (Phi) is 5.89. The molecule has 1 N–H and O–H groups in total. The van der Waals surface area contributed by atoms with E-state index in [1.165, 1.54) is 7.11 Å². The molecule has 0 heterocycles. The lowest BCUT2D eigenvalue weighted by Gasteiger charge is -2.18. The van der Waals surface area contributed by atoms with Gasteiger partial charge in [0.2, 0.25) is 0 Å². The van der Waals surface area contributed by atoms with Gasteiger partial charge in [0.1, 0.15) is 11.5 Å². The van der Waals surface area contributed by atoms with Crippen LogP contribution < -0.4 is 24.3 Å². The zero-order valence-corrected chi connectivity index (χ0v) is 14.2. The van der Waals surface area contributed by atoms with Crippen molar-refractivity contribution < 1.29 is 23.7 Å².